The summed E-state index contributed by atoms with van der Waals surface area (Å²) in [7, 11) is 0. The van der Waals surface area contributed by atoms with Crippen molar-refractivity contribution in [2.45, 2.75) is 26.1 Å². The van der Waals surface area contributed by atoms with Crippen LogP contribution in [-0.2, 0) is 20.5 Å². The molecular weight excluding hydrogens is 377 g/mol. The highest BCUT2D eigenvalue weighted by Gasteiger charge is 2.35. The van der Waals surface area contributed by atoms with E-state index in [2.05, 4.69) is 10.6 Å². The quantitative estimate of drug-likeness (QED) is 0.644. The number of morpholine rings is 1. The van der Waals surface area contributed by atoms with Gasteiger partial charge in [-0.05, 0) is 30.7 Å². The normalized spacial score (nSPS) is 16.4. The van der Waals surface area contributed by atoms with Gasteiger partial charge in [-0.3, -0.25) is 9.59 Å². The summed E-state index contributed by atoms with van der Waals surface area (Å²) in [5.74, 6) is -0.820. The number of carbonyl (C=O) groups is 2. The van der Waals surface area contributed by atoms with E-state index in [0.29, 0.717) is 6.54 Å². The number of amides is 2. The van der Waals surface area contributed by atoms with Gasteiger partial charge in [-0.15, -0.1) is 0 Å². The zero-order chi connectivity index (χ0) is 20.9. The lowest BCUT2D eigenvalue weighted by Gasteiger charge is -2.28. The van der Waals surface area contributed by atoms with E-state index in [1.807, 2.05) is 13.8 Å². The summed E-state index contributed by atoms with van der Waals surface area (Å²) < 4.78 is 45.7. The number of hydrogen-bond acceptors (Lipinski definition) is 5. The second-order valence-electron chi connectivity index (χ2n) is 6.91. The van der Waals surface area contributed by atoms with Crippen molar-refractivity contribution in [2.24, 2.45) is 11.7 Å². The van der Waals surface area contributed by atoms with Crippen molar-refractivity contribution < 1.29 is 27.5 Å². The molecule has 0 bridgehead atoms. The van der Waals surface area contributed by atoms with Crippen LogP contribution in [0.4, 0.5) is 24.5 Å². The number of nitrogens with zero attached hydrogens (tertiary/aromatic N) is 1. The SMILES string of the molecule is CC(C)CN[C@@H](CN)C(=O)Nc1ccc(N2CCOCC2=O)cc1C(F)(F)F. The number of halogens is 3. The minimum absolute atomic E-state index is 0.0553. The smallest absolute Gasteiger partial charge is 0.370 e. The molecule has 156 valence electrons. The van der Waals surface area contributed by atoms with Crippen LogP contribution in [0.2, 0.25) is 0 Å². The molecule has 1 saturated heterocycles. The molecule has 4 N–H and O–H groups in total. The number of ether oxygens (including phenoxy) is 1. The summed E-state index contributed by atoms with van der Waals surface area (Å²) in [4.78, 5) is 25.5. The molecule has 0 unspecified atom stereocenters. The summed E-state index contributed by atoms with van der Waals surface area (Å²) in [6, 6.07) is 2.56. The molecule has 1 fully saturated rings. The first kappa shape index (κ1) is 22.1. The Morgan fingerprint density at radius 2 is 2.07 bits per heavy atom. The number of benzene rings is 1. The number of alkyl halides is 3. The summed E-state index contributed by atoms with van der Waals surface area (Å²) >= 11 is 0. The number of rotatable bonds is 7. The molecule has 1 atom stereocenters. The Hall–Kier alpha value is -2.17. The van der Waals surface area contributed by atoms with E-state index in [1.54, 1.807) is 0 Å². The van der Waals surface area contributed by atoms with E-state index in [4.69, 9.17) is 10.5 Å². The van der Waals surface area contributed by atoms with Gasteiger partial charge in [-0.1, -0.05) is 13.8 Å². The Bertz CT molecular complexity index is 710. The molecule has 10 heteroatoms. The maximum Gasteiger partial charge on any atom is 0.418 e. The molecule has 1 aromatic rings. The van der Waals surface area contributed by atoms with Crippen molar-refractivity contribution in [1.29, 1.82) is 0 Å². The van der Waals surface area contributed by atoms with Crippen LogP contribution in [-0.4, -0.2) is 50.7 Å². The van der Waals surface area contributed by atoms with Crippen LogP contribution in [0.15, 0.2) is 18.2 Å². The molecule has 0 saturated carbocycles. The number of anilines is 2. The van der Waals surface area contributed by atoms with E-state index in [-0.39, 0.29) is 43.6 Å². The van der Waals surface area contributed by atoms with Crippen molar-refractivity contribution in [3.63, 3.8) is 0 Å². The highest BCUT2D eigenvalue weighted by molar-refractivity contribution is 5.97. The Balaban J connectivity index is 2.25. The average Bonchev–Trinajstić information content (AvgIpc) is 2.62. The van der Waals surface area contributed by atoms with Gasteiger partial charge in [-0.2, -0.15) is 13.2 Å². The Kier molecular flexibility index (Phi) is 7.39. The van der Waals surface area contributed by atoms with Crippen molar-refractivity contribution in [2.75, 3.05) is 43.1 Å². The summed E-state index contributed by atoms with van der Waals surface area (Å²) in [6.07, 6.45) is -4.71. The van der Waals surface area contributed by atoms with E-state index < -0.39 is 29.6 Å². The van der Waals surface area contributed by atoms with Crippen molar-refractivity contribution in [3.8, 4) is 0 Å². The molecule has 0 radical (unpaired) electrons. The molecule has 1 heterocycles. The molecule has 0 aliphatic carbocycles. The minimum Gasteiger partial charge on any atom is -0.370 e. The zero-order valence-corrected chi connectivity index (χ0v) is 15.8. The third-order valence-corrected chi connectivity index (χ3v) is 4.19. The van der Waals surface area contributed by atoms with Crippen LogP contribution < -0.4 is 21.3 Å². The van der Waals surface area contributed by atoms with Gasteiger partial charge in [0.25, 0.3) is 5.91 Å². The second-order valence-corrected chi connectivity index (χ2v) is 6.91. The standard InChI is InChI=1S/C18H25F3N4O3/c1-11(2)9-23-15(8-22)17(27)24-14-4-3-12(7-13(14)18(19,20)21)25-5-6-28-10-16(25)26/h3-4,7,11,15,23H,5-6,8-10,22H2,1-2H3,(H,24,27)/t15-/m0/s1. The molecule has 1 aromatic carbocycles. The van der Waals surface area contributed by atoms with Crippen molar-refractivity contribution in [3.05, 3.63) is 23.8 Å². The monoisotopic (exact) mass is 402 g/mol. The lowest BCUT2D eigenvalue weighted by atomic mass is 10.1. The van der Waals surface area contributed by atoms with E-state index >= 15 is 0 Å². The lowest BCUT2D eigenvalue weighted by Crippen LogP contribution is -2.47. The maximum atomic E-state index is 13.6. The lowest BCUT2D eigenvalue weighted by molar-refractivity contribution is -0.137. The van der Waals surface area contributed by atoms with Crippen LogP contribution in [0.1, 0.15) is 19.4 Å². The fraction of sp³-hybridized carbons (Fsp3) is 0.556. The van der Waals surface area contributed by atoms with Gasteiger partial charge in [0.1, 0.15) is 6.61 Å². The van der Waals surface area contributed by atoms with E-state index in [1.165, 1.54) is 11.0 Å². The molecule has 28 heavy (non-hydrogen) atoms. The van der Waals surface area contributed by atoms with Crippen molar-refractivity contribution in [1.82, 2.24) is 5.32 Å². The Morgan fingerprint density at radius 1 is 1.36 bits per heavy atom. The number of hydrogen-bond donors (Lipinski definition) is 3. The van der Waals surface area contributed by atoms with Gasteiger partial charge in [0.05, 0.1) is 23.9 Å². The predicted molar refractivity (Wildman–Crippen MR) is 98.9 cm³/mol. The molecule has 7 nitrogen and oxygen atoms in total. The van der Waals surface area contributed by atoms with Crippen LogP contribution >= 0.6 is 0 Å². The fourth-order valence-corrected chi connectivity index (χ4v) is 2.72. The molecule has 0 spiro atoms. The van der Waals surface area contributed by atoms with Crippen molar-refractivity contribution >= 4 is 23.2 Å². The summed E-state index contributed by atoms with van der Waals surface area (Å²) in [6.45, 7) is 4.54. The molecule has 2 rings (SSSR count). The molecule has 2 amide bonds. The average molecular weight is 402 g/mol. The summed E-state index contributed by atoms with van der Waals surface area (Å²) in [5.41, 5.74) is 4.26. The van der Waals surface area contributed by atoms with Crippen LogP contribution in [0.3, 0.4) is 0 Å². The van der Waals surface area contributed by atoms with Crippen LogP contribution in [0, 0.1) is 5.92 Å². The van der Waals surface area contributed by atoms with E-state index in [9.17, 15) is 22.8 Å². The number of carbonyl (C=O) groups excluding carboxylic acids is 2. The maximum absolute atomic E-state index is 13.6. The second kappa shape index (κ2) is 9.35. The van der Waals surface area contributed by atoms with Crippen LogP contribution in [0.25, 0.3) is 0 Å². The molecule has 1 aliphatic rings. The number of nitrogens with one attached hydrogen (secondary N) is 2. The first-order chi connectivity index (χ1) is 13.1. The van der Waals surface area contributed by atoms with Gasteiger partial charge < -0.3 is 26.0 Å². The number of nitrogens with two attached hydrogens (primary N) is 1. The first-order valence-electron chi connectivity index (χ1n) is 8.97. The third-order valence-electron chi connectivity index (χ3n) is 4.19. The van der Waals surface area contributed by atoms with Gasteiger partial charge in [0.2, 0.25) is 5.91 Å². The third kappa shape index (κ3) is 5.66. The first-order valence-corrected chi connectivity index (χ1v) is 8.97. The highest BCUT2D eigenvalue weighted by atomic mass is 19.4. The Morgan fingerprint density at radius 3 is 2.64 bits per heavy atom. The Labute approximate surface area is 161 Å². The largest absolute Gasteiger partial charge is 0.418 e. The van der Waals surface area contributed by atoms with Gasteiger partial charge in [0.15, 0.2) is 0 Å². The van der Waals surface area contributed by atoms with Crippen LogP contribution in [0.5, 0.6) is 0 Å². The van der Waals surface area contributed by atoms with Gasteiger partial charge in [0, 0.05) is 18.8 Å². The highest BCUT2D eigenvalue weighted by Crippen LogP contribution is 2.37. The molecular formula is C18H25F3N4O3. The van der Waals surface area contributed by atoms with E-state index in [0.717, 1.165) is 12.1 Å². The van der Waals surface area contributed by atoms with Gasteiger partial charge in [-0.25, -0.2) is 0 Å². The summed E-state index contributed by atoms with van der Waals surface area (Å²) in [5, 5.41) is 5.23. The predicted octanol–water partition coefficient (Wildman–Crippen LogP) is 1.58. The fourth-order valence-electron chi connectivity index (χ4n) is 2.72. The molecule has 0 aromatic heterocycles. The van der Waals surface area contributed by atoms with Gasteiger partial charge >= 0.3 is 6.18 Å². The zero-order valence-electron chi connectivity index (χ0n) is 15.8. The minimum atomic E-state index is -4.71. The topological polar surface area (TPSA) is 96.7 Å². The molecule has 1 aliphatic heterocycles.